The van der Waals surface area contributed by atoms with Crippen molar-refractivity contribution in [3.63, 3.8) is 0 Å². The predicted octanol–water partition coefficient (Wildman–Crippen LogP) is -5.76. The quantitative estimate of drug-likeness (QED) is 0.203. The van der Waals surface area contributed by atoms with Crippen LogP contribution < -0.4 is 0 Å². The van der Waals surface area contributed by atoms with Crippen LogP contribution >= 0.6 is 0 Å². The van der Waals surface area contributed by atoms with E-state index in [1.54, 1.807) is 0 Å². The number of aliphatic hydroxyl groups excluding tert-OH is 9. The molecule has 0 radical (unpaired) electrons. The molecule has 0 aliphatic carbocycles. The first kappa shape index (κ1) is 20.6. The first-order chi connectivity index (χ1) is 10.7. The van der Waals surface area contributed by atoms with E-state index in [1.165, 1.54) is 0 Å². The predicted molar refractivity (Wildman–Crippen MR) is 70.8 cm³/mol. The Morgan fingerprint density at radius 2 is 1.39 bits per heavy atom. The molecule has 0 aromatic carbocycles. The van der Waals surface area contributed by atoms with E-state index in [9.17, 15) is 35.7 Å². The van der Waals surface area contributed by atoms with Crippen molar-refractivity contribution in [1.29, 1.82) is 0 Å². The van der Waals surface area contributed by atoms with Crippen LogP contribution in [0.15, 0.2) is 0 Å². The van der Waals surface area contributed by atoms with Crippen molar-refractivity contribution >= 4 is 0 Å². The molecule has 1 aliphatic rings. The first-order valence-electron chi connectivity index (χ1n) is 6.99. The van der Waals surface area contributed by atoms with Crippen molar-refractivity contribution in [2.24, 2.45) is 0 Å². The molecule has 1 saturated heterocycles. The molecule has 1 heterocycles. The van der Waals surface area contributed by atoms with Crippen molar-refractivity contribution in [2.45, 2.75) is 55.1 Å². The summed E-state index contributed by atoms with van der Waals surface area (Å²) in [6.45, 7) is -2.16. The molecular weight excluding hydrogens is 320 g/mol. The lowest BCUT2D eigenvalue weighted by Crippen LogP contribution is -2.59. The van der Waals surface area contributed by atoms with Crippen LogP contribution in [0.3, 0.4) is 0 Å². The van der Waals surface area contributed by atoms with Gasteiger partial charge >= 0.3 is 0 Å². The molecule has 0 aromatic heterocycles. The molecule has 9 atom stereocenters. The molecule has 0 bridgehead atoms. The molecule has 0 spiro atoms. The highest BCUT2D eigenvalue weighted by Gasteiger charge is 2.44. The zero-order valence-electron chi connectivity index (χ0n) is 12.2. The Morgan fingerprint density at radius 3 is 1.91 bits per heavy atom. The molecule has 138 valence electrons. The van der Waals surface area contributed by atoms with Gasteiger partial charge in [-0.2, -0.15) is 0 Å². The lowest BCUT2D eigenvalue weighted by molar-refractivity contribution is -0.306. The minimum atomic E-state index is -1.86. The highest BCUT2D eigenvalue weighted by molar-refractivity contribution is 4.89. The van der Waals surface area contributed by atoms with Gasteiger partial charge in [0.25, 0.3) is 0 Å². The van der Waals surface area contributed by atoms with Gasteiger partial charge in [0.05, 0.1) is 19.8 Å². The van der Waals surface area contributed by atoms with E-state index in [-0.39, 0.29) is 0 Å². The van der Waals surface area contributed by atoms with Gasteiger partial charge in [0.2, 0.25) is 0 Å². The fourth-order valence-corrected chi connectivity index (χ4v) is 2.06. The summed E-state index contributed by atoms with van der Waals surface area (Å²) >= 11 is 0. The summed E-state index contributed by atoms with van der Waals surface area (Å²) in [5.41, 5.74) is 0. The van der Waals surface area contributed by atoms with Crippen LogP contribution in [0.2, 0.25) is 0 Å². The van der Waals surface area contributed by atoms with E-state index >= 15 is 0 Å². The largest absolute Gasteiger partial charge is 0.394 e. The third-order valence-electron chi connectivity index (χ3n) is 3.61. The molecule has 0 aromatic rings. The smallest absolute Gasteiger partial charge is 0.186 e. The molecule has 23 heavy (non-hydrogen) atoms. The second-order valence-corrected chi connectivity index (χ2v) is 5.33. The third kappa shape index (κ3) is 5.01. The summed E-state index contributed by atoms with van der Waals surface area (Å²) < 4.78 is 9.99. The Hall–Kier alpha value is -0.440. The van der Waals surface area contributed by atoms with Gasteiger partial charge in [-0.15, -0.1) is 0 Å². The normalized spacial score (nSPS) is 37.2. The average Bonchev–Trinajstić information content (AvgIpc) is 2.56. The molecule has 1 rings (SSSR count). The van der Waals surface area contributed by atoms with Gasteiger partial charge in [-0.1, -0.05) is 0 Å². The first-order valence-corrected chi connectivity index (χ1v) is 6.99. The van der Waals surface area contributed by atoms with E-state index in [0.29, 0.717) is 0 Å². The second kappa shape index (κ2) is 9.15. The van der Waals surface area contributed by atoms with Crippen LogP contribution in [0.1, 0.15) is 0 Å². The fraction of sp³-hybridized carbons (Fsp3) is 1.00. The molecule has 0 amide bonds. The van der Waals surface area contributed by atoms with Crippen molar-refractivity contribution in [1.82, 2.24) is 0 Å². The molecule has 11 nitrogen and oxygen atoms in total. The monoisotopic (exact) mass is 344 g/mol. The zero-order chi connectivity index (χ0) is 17.7. The van der Waals surface area contributed by atoms with Crippen molar-refractivity contribution in [3.8, 4) is 0 Å². The van der Waals surface area contributed by atoms with Gasteiger partial charge < -0.3 is 55.4 Å². The van der Waals surface area contributed by atoms with Crippen LogP contribution in [-0.4, -0.2) is 121 Å². The van der Waals surface area contributed by atoms with Gasteiger partial charge in [-0.25, -0.2) is 0 Å². The molecule has 0 saturated carbocycles. The lowest BCUT2D eigenvalue weighted by atomic mass is 9.99. The molecule has 9 N–H and O–H groups in total. The van der Waals surface area contributed by atoms with Crippen molar-refractivity contribution < 1.29 is 55.4 Å². The van der Waals surface area contributed by atoms with Crippen LogP contribution in [0, 0.1) is 0 Å². The summed E-state index contributed by atoms with van der Waals surface area (Å²) in [5, 5.41) is 84.4. The number of hydrogen-bond donors (Lipinski definition) is 9. The van der Waals surface area contributed by atoms with Crippen LogP contribution in [-0.2, 0) is 9.47 Å². The highest BCUT2D eigenvalue weighted by atomic mass is 16.7. The van der Waals surface area contributed by atoms with Crippen LogP contribution in [0.25, 0.3) is 0 Å². The summed E-state index contributed by atoms with van der Waals surface area (Å²) in [4.78, 5) is 0. The molecule has 1 aliphatic heterocycles. The molecule has 1 fully saturated rings. The Balaban J connectivity index is 2.55. The van der Waals surface area contributed by atoms with Gasteiger partial charge in [-0.3, -0.25) is 0 Å². The Labute approximate surface area is 131 Å². The summed E-state index contributed by atoms with van der Waals surface area (Å²) in [6.07, 6.45) is -14.7. The summed E-state index contributed by atoms with van der Waals surface area (Å²) in [6, 6.07) is 0. The number of aliphatic hydroxyl groups is 9. The van der Waals surface area contributed by atoms with E-state index in [1.807, 2.05) is 0 Å². The van der Waals surface area contributed by atoms with Gasteiger partial charge in [-0.05, 0) is 0 Å². The summed E-state index contributed by atoms with van der Waals surface area (Å²) in [5.74, 6) is 0. The summed E-state index contributed by atoms with van der Waals surface area (Å²) in [7, 11) is 0. The van der Waals surface area contributed by atoms with Gasteiger partial charge in [0, 0.05) is 0 Å². The Bertz CT molecular complexity index is 341. The third-order valence-corrected chi connectivity index (χ3v) is 3.61. The molecule has 11 heteroatoms. The van der Waals surface area contributed by atoms with E-state index in [0.717, 1.165) is 0 Å². The van der Waals surface area contributed by atoms with Crippen molar-refractivity contribution in [2.75, 3.05) is 19.8 Å². The minimum absolute atomic E-state index is 0.655. The number of hydrogen-bond acceptors (Lipinski definition) is 11. The van der Waals surface area contributed by atoms with E-state index in [4.69, 9.17) is 19.7 Å². The maximum absolute atomic E-state index is 9.70. The van der Waals surface area contributed by atoms with E-state index in [2.05, 4.69) is 0 Å². The fourth-order valence-electron chi connectivity index (χ4n) is 2.06. The van der Waals surface area contributed by atoms with Crippen LogP contribution in [0.5, 0.6) is 0 Å². The number of rotatable bonds is 8. The van der Waals surface area contributed by atoms with Crippen LogP contribution in [0.4, 0.5) is 0 Å². The molecular formula is C12H24O11. The zero-order valence-corrected chi connectivity index (χ0v) is 12.2. The molecule has 1 unspecified atom stereocenters. The topological polar surface area (TPSA) is 201 Å². The minimum Gasteiger partial charge on any atom is -0.394 e. The van der Waals surface area contributed by atoms with Gasteiger partial charge in [0.1, 0.15) is 48.8 Å². The Kier molecular flexibility index (Phi) is 8.20. The average molecular weight is 344 g/mol. The maximum Gasteiger partial charge on any atom is 0.186 e. The van der Waals surface area contributed by atoms with Crippen molar-refractivity contribution in [3.05, 3.63) is 0 Å². The Morgan fingerprint density at radius 1 is 0.826 bits per heavy atom. The standard InChI is InChI=1S/C12H24O11/c13-1-4(15)7(17)8(18)5(16)3-22-12-11(21)10(20)9(19)6(2-14)23-12/h4-21H,1-3H2/t4-,5+,6-,7-,8-,9+,10+,11-,12?/m1/s1. The maximum atomic E-state index is 9.70. The SMILES string of the molecule is OC[C@@H](O)[C@@H](O)[C@H](O)[C@@H](O)COC1O[C@H](CO)[C@H](O)[C@H](O)[C@H]1O. The number of ether oxygens (including phenoxy) is 2. The van der Waals surface area contributed by atoms with Gasteiger partial charge in [0.15, 0.2) is 6.29 Å². The second-order valence-electron chi connectivity index (χ2n) is 5.33. The lowest BCUT2D eigenvalue weighted by Gasteiger charge is -2.40. The highest BCUT2D eigenvalue weighted by Crippen LogP contribution is 2.22. The van der Waals surface area contributed by atoms with E-state index < -0.39 is 74.9 Å².